The van der Waals surface area contributed by atoms with Gasteiger partial charge in [0.1, 0.15) is 18.2 Å². The van der Waals surface area contributed by atoms with Gasteiger partial charge in [-0.3, -0.25) is 4.79 Å². The van der Waals surface area contributed by atoms with Crippen LogP contribution in [0.15, 0.2) is 54.6 Å². The predicted octanol–water partition coefficient (Wildman–Crippen LogP) is 7.55. The molecule has 0 saturated carbocycles. The van der Waals surface area contributed by atoms with E-state index in [4.69, 9.17) is 9.47 Å². The number of carbonyl (C=O) groups excluding carboxylic acids is 1. The fourth-order valence-corrected chi connectivity index (χ4v) is 4.65. The third-order valence-corrected chi connectivity index (χ3v) is 6.55. The minimum Gasteiger partial charge on any atom is -0.455 e. The summed E-state index contributed by atoms with van der Waals surface area (Å²) >= 11 is 0. The molecule has 4 nitrogen and oxygen atoms in total. The van der Waals surface area contributed by atoms with Crippen LogP contribution in [0.4, 0.5) is 0 Å². The van der Waals surface area contributed by atoms with Crippen molar-refractivity contribution in [1.82, 2.24) is 0 Å². The molecule has 0 aliphatic rings. The van der Waals surface area contributed by atoms with E-state index in [9.17, 15) is 4.79 Å². The summed E-state index contributed by atoms with van der Waals surface area (Å²) in [7, 11) is 4.33. The average molecular weight is 483 g/mol. The van der Waals surface area contributed by atoms with E-state index in [0.717, 1.165) is 36.2 Å². The second-order valence-electron chi connectivity index (χ2n) is 10.5. The third-order valence-electron chi connectivity index (χ3n) is 6.55. The normalized spacial score (nSPS) is 13.3. The fourth-order valence-electron chi connectivity index (χ4n) is 4.65. The Morgan fingerprint density at radius 1 is 0.857 bits per heavy atom. The number of hydrogen-bond acceptors (Lipinski definition) is 3. The Morgan fingerprint density at radius 3 is 2.20 bits per heavy atom. The molecule has 0 spiro atoms. The molecule has 2 aromatic rings. The lowest BCUT2D eigenvalue weighted by Crippen LogP contribution is -2.45. The summed E-state index contributed by atoms with van der Waals surface area (Å²) in [5.41, 5.74) is 2.55. The van der Waals surface area contributed by atoms with Crippen LogP contribution in [0.1, 0.15) is 83.3 Å². The molecule has 0 fully saturated rings. The SMILES string of the molecule is CCCCCCCCCc1cccc(OC(C)OC(=O)C(CC)C[N+](C)(C)Cc2ccccc2)c1. The lowest BCUT2D eigenvalue weighted by atomic mass is 10.0. The molecule has 0 saturated heterocycles. The van der Waals surface area contributed by atoms with Crippen molar-refractivity contribution in [2.75, 3.05) is 20.6 Å². The first kappa shape index (κ1) is 28.9. The molecule has 0 N–H and O–H groups in total. The zero-order chi connectivity index (χ0) is 25.5. The molecule has 0 bridgehead atoms. The van der Waals surface area contributed by atoms with E-state index in [1.54, 1.807) is 6.92 Å². The van der Waals surface area contributed by atoms with Gasteiger partial charge in [-0.2, -0.15) is 0 Å². The van der Waals surface area contributed by atoms with Gasteiger partial charge in [-0.1, -0.05) is 94.8 Å². The van der Waals surface area contributed by atoms with Gasteiger partial charge in [0.15, 0.2) is 0 Å². The Hall–Kier alpha value is -2.33. The summed E-state index contributed by atoms with van der Waals surface area (Å²) in [6.07, 6.45) is 10.4. The highest BCUT2D eigenvalue weighted by atomic mass is 16.7. The maximum absolute atomic E-state index is 12.9. The average Bonchev–Trinajstić information content (AvgIpc) is 2.82. The number of esters is 1. The molecule has 0 aromatic heterocycles. The van der Waals surface area contributed by atoms with Gasteiger partial charge in [0.25, 0.3) is 0 Å². The molecule has 2 atom stereocenters. The summed E-state index contributed by atoms with van der Waals surface area (Å²) < 4.78 is 12.4. The van der Waals surface area contributed by atoms with Gasteiger partial charge in [0, 0.05) is 12.5 Å². The van der Waals surface area contributed by atoms with E-state index >= 15 is 0 Å². The summed E-state index contributed by atoms with van der Waals surface area (Å²) in [4.78, 5) is 12.9. The Kier molecular flexibility index (Phi) is 12.9. The lowest BCUT2D eigenvalue weighted by molar-refractivity contribution is -0.906. The Labute approximate surface area is 214 Å². The molecule has 4 heteroatoms. The van der Waals surface area contributed by atoms with Crippen LogP contribution in [0, 0.1) is 5.92 Å². The number of nitrogens with zero attached hydrogens (tertiary/aromatic N) is 1. The summed E-state index contributed by atoms with van der Waals surface area (Å²) in [5.74, 6) is 0.417. The molecule has 35 heavy (non-hydrogen) atoms. The summed E-state index contributed by atoms with van der Waals surface area (Å²) in [5, 5.41) is 0. The number of quaternary nitrogens is 1. The van der Waals surface area contributed by atoms with Gasteiger partial charge in [0.05, 0.1) is 20.6 Å². The first-order valence-electron chi connectivity index (χ1n) is 13.6. The minimum atomic E-state index is -0.616. The van der Waals surface area contributed by atoms with Crippen LogP contribution in [0.2, 0.25) is 0 Å². The maximum Gasteiger partial charge on any atom is 0.317 e. The fraction of sp³-hybridized carbons (Fsp3) is 0.581. The van der Waals surface area contributed by atoms with Crippen LogP contribution < -0.4 is 4.74 Å². The first-order valence-corrected chi connectivity index (χ1v) is 13.6. The molecule has 2 rings (SSSR count). The summed E-state index contributed by atoms with van der Waals surface area (Å²) in [6, 6.07) is 18.6. The number of benzene rings is 2. The molecule has 0 heterocycles. The summed E-state index contributed by atoms with van der Waals surface area (Å²) in [6.45, 7) is 7.71. The van der Waals surface area contributed by atoms with Crippen LogP contribution >= 0.6 is 0 Å². The van der Waals surface area contributed by atoms with Gasteiger partial charge in [-0.25, -0.2) is 0 Å². The molecular weight excluding hydrogens is 434 g/mol. The molecular formula is C31H48NO3+. The molecule has 0 amide bonds. The largest absolute Gasteiger partial charge is 0.455 e. The van der Waals surface area contributed by atoms with Crippen molar-refractivity contribution in [2.24, 2.45) is 5.92 Å². The number of aryl methyl sites for hydroxylation is 1. The second kappa shape index (κ2) is 15.6. The van der Waals surface area contributed by atoms with Gasteiger partial charge < -0.3 is 14.0 Å². The first-order chi connectivity index (χ1) is 16.8. The molecule has 2 aromatic carbocycles. The van der Waals surface area contributed by atoms with Crippen molar-refractivity contribution in [2.45, 2.75) is 91.4 Å². The Bertz CT molecular complexity index is 849. The van der Waals surface area contributed by atoms with Crippen molar-refractivity contribution in [3.05, 3.63) is 65.7 Å². The van der Waals surface area contributed by atoms with E-state index < -0.39 is 6.29 Å². The van der Waals surface area contributed by atoms with Crippen LogP contribution in [0.5, 0.6) is 5.75 Å². The highest BCUT2D eigenvalue weighted by Crippen LogP contribution is 2.20. The van der Waals surface area contributed by atoms with Gasteiger partial charge in [-0.15, -0.1) is 0 Å². The van der Waals surface area contributed by atoms with Crippen molar-refractivity contribution < 1.29 is 18.8 Å². The number of carbonyl (C=O) groups is 1. The van der Waals surface area contributed by atoms with Crippen molar-refractivity contribution >= 4 is 5.97 Å². The van der Waals surface area contributed by atoms with Crippen LogP contribution in [-0.4, -0.2) is 37.4 Å². The highest BCUT2D eigenvalue weighted by molar-refractivity contribution is 5.72. The standard InChI is InChI=1S/C31H48NO3/c1-6-8-9-10-11-12-14-18-27-21-17-22-30(23-27)34-26(3)35-31(33)29(7-2)25-32(4,5)24-28-19-15-13-16-20-28/h13,15-17,19-23,26,29H,6-12,14,18,24-25H2,1-5H3/q+1. The Morgan fingerprint density at radius 2 is 1.51 bits per heavy atom. The smallest absolute Gasteiger partial charge is 0.317 e. The topological polar surface area (TPSA) is 35.5 Å². The second-order valence-corrected chi connectivity index (χ2v) is 10.5. The third kappa shape index (κ3) is 11.8. The monoisotopic (exact) mass is 482 g/mol. The van der Waals surface area contributed by atoms with Crippen molar-refractivity contribution in [1.29, 1.82) is 0 Å². The number of hydrogen-bond donors (Lipinski definition) is 0. The maximum atomic E-state index is 12.9. The van der Waals surface area contributed by atoms with E-state index in [1.165, 1.54) is 56.1 Å². The quantitative estimate of drug-likeness (QED) is 0.101. The zero-order valence-corrected chi connectivity index (χ0v) is 22.8. The van der Waals surface area contributed by atoms with E-state index in [-0.39, 0.29) is 11.9 Å². The molecule has 2 unspecified atom stereocenters. The van der Waals surface area contributed by atoms with Gasteiger partial charge in [-0.05, 0) is 37.0 Å². The van der Waals surface area contributed by atoms with Gasteiger partial charge in [0.2, 0.25) is 6.29 Å². The zero-order valence-electron chi connectivity index (χ0n) is 22.8. The molecule has 0 aliphatic carbocycles. The number of unbranched alkanes of at least 4 members (excludes halogenated alkanes) is 6. The van der Waals surface area contributed by atoms with Crippen LogP contribution in [0.25, 0.3) is 0 Å². The molecule has 194 valence electrons. The minimum absolute atomic E-state index is 0.163. The highest BCUT2D eigenvalue weighted by Gasteiger charge is 2.29. The van der Waals surface area contributed by atoms with E-state index in [1.807, 2.05) is 25.1 Å². The predicted molar refractivity (Wildman–Crippen MR) is 145 cm³/mol. The van der Waals surface area contributed by atoms with Crippen molar-refractivity contribution in [3.63, 3.8) is 0 Å². The molecule has 0 aliphatic heterocycles. The molecule has 0 radical (unpaired) electrons. The van der Waals surface area contributed by atoms with Crippen molar-refractivity contribution in [3.8, 4) is 5.75 Å². The van der Waals surface area contributed by atoms with Gasteiger partial charge >= 0.3 is 5.97 Å². The number of ether oxygens (including phenoxy) is 2. The van der Waals surface area contributed by atoms with E-state index in [0.29, 0.717) is 0 Å². The Balaban J connectivity index is 1.79. The van der Waals surface area contributed by atoms with Crippen LogP contribution in [-0.2, 0) is 22.5 Å². The lowest BCUT2D eigenvalue weighted by Gasteiger charge is -2.33. The van der Waals surface area contributed by atoms with E-state index in [2.05, 4.69) is 57.4 Å². The van der Waals surface area contributed by atoms with Crippen LogP contribution in [0.3, 0.4) is 0 Å². The number of rotatable bonds is 17.